The van der Waals surface area contributed by atoms with Gasteiger partial charge in [-0.1, -0.05) is 30.7 Å². The van der Waals surface area contributed by atoms with Crippen molar-refractivity contribution in [1.29, 1.82) is 0 Å². The van der Waals surface area contributed by atoms with Crippen LogP contribution in [0.5, 0.6) is 5.75 Å². The van der Waals surface area contributed by atoms with E-state index in [-0.39, 0.29) is 29.2 Å². The number of rotatable bonds is 10. The number of halogens is 3. The van der Waals surface area contributed by atoms with Crippen molar-refractivity contribution in [2.45, 2.75) is 43.7 Å². The van der Waals surface area contributed by atoms with E-state index in [1.54, 1.807) is 30.0 Å². The fourth-order valence-electron chi connectivity index (χ4n) is 6.29. The molecule has 3 aromatic rings. The molecule has 2 aliphatic heterocycles. The number of carbonyl (C=O) groups is 1. The van der Waals surface area contributed by atoms with Gasteiger partial charge in [0.05, 0.1) is 6.04 Å². The number of carbonyl (C=O) groups excluding carboxylic acids is 1. The van der Waals surface area contributed by atoms with Gasteiger partial charge in [0.15, 0.2) is 0 Å². The molecule has 3 aromatic carbocycles. The smallest absolute Gasteiger partial charge is 0.239 e. The molecule has 2 fully saturated rings. The highest BCUT2D eigenvalue weighted by Gasteiger charge is 2.33. The van der Waals surface area contributed by atoms with E-state index in [1.807, 2.05) is 17.0 Å². The van der Waals surface area contributed by atoms with Gasteiger partial charge in [-0.05, 0) is 103 Å². The Balaban J connectivity index is 1.09. The van der Waals surface area contributed by atoms with Crippen molar-refractivity contribution in [2.75, 3.05) is 51.6 Å². The van der Waals surface area contributed by atoms with Crippen LogP contribution in [0.25, 0.3) is 11.1 Å². The molecular formula is C34H41ClF2N4O2S. The Bertz CT molecular complexity index is 1440. The highest BCUT2D eigenvalue weighted by molar-refractivity contribution is 7.99. The molecule has 5 rings (SSSR count). The quantitative estimate of drug-likeness (QED) is 0.263. The van der Waals surface area contributed by atoms with Gasteiger partial charge in [0, 0.05) is 54.8 Å². The predicted octanol–water partition coefficient (Wildman–Crippen LogP) is 6.03. The Morgan fingerprint density at radius 2 is 1.70 bits per heavy atom. The van der Waals surface area contributed by atoms with Crippen molar-refractivity contribution in [3.63, 3.8) is 0 Å². The fourth-order valence-corrected chi connectivity index (χ4v) is 7.31. The monoisotopic (exact) mass is 642 g/mol. The number of thioether (sulfide) groups is 1. The number of nitrogens with zero attached hydrogens (tertiary/aromatic N) is 3. The van der Waals surface area contributed by atoms with E-state index in [2.05, 4.69) is 16.7 Å². The van der Waals surface area contributed by atoms with Crippen molar-refractivity contribution < 1.29 is 18.7 Å². The Morgan fingerprint density at radius 1 is 0.955 bits per heavy atom. The number of benzene rings is 3. The number of piperazine rings is 1. The van der Waals surface area contributed by atoms with E-state index in [0.29, 0.717) is 30.1 Å². The van der Waals surface area contributed by atoms with E-state index in [4.69, 9.17) is 17.3 Å². The van der Waals surface area contributed by atoms with E-state index < -0.39 is 6.04 Å². The standard InChI is InChI=1S/C34H41ClF2N4O2S/c1-2-44-32-20-27(36)5-3-25(32)22-40-15-17-41(18-16-40)34(43)33(38)23-9-12-39(13-10-23)14-11-24-19-26(35)4-7-29(24)30-21-28(42)6-8-31(30)37/h3-8,19-21,23,33,42H,2,9-18,22,38H2,1H3/t33-/m1/s1. The summed E-state index contributed by atoms with van der Waals surface area (Å²) in [5.41, 5.74) is 9.69. The number of phenolic OH excluding ortho intramolecular Hbond substituents is 1. The van der Waals surface area contributed by atoms with Crippen molar-refractivity contribution in [3.05, 3.63) is 82.4 Å². The first kappa shape index (κ1) is 32.7. The molecular weight excluding hydrogens is 602 g/mol. The van der Waals surface area contributed by atoms with Gasteiger partial charge in [-0.3, -0.25) is 9.69 Å². The van der Waals surface area contributed by atoms with Gasteiger partial charge in [-0.2, -0.15) is 0 Å². The Labute approximate surface area is 268 Å². The first-order valence-electron chi connectivity index (χ1n) is 15.4. The molecule has 1 amide bonds. The second kappa shape index (κ2) is 15.1. The second-order valence-electron chi connectivity index (χ2n) is 11.7. The summed E-state index contributed by atoms with van der Waals surface area (Å²) < 4.78 is 28.3. The zero-order valence-electron chi connectivity index (χ0n) is 25.2. The highest BCUT2D eigenvalue weighted by Crippen LogP contribution is 2.32. The SMILES string of the molecule is CCSc1cc(F)ccc1CN1CCN(C(=O)[C@H](N)C2CCN(CCc3cc(Cl)ccc3-c3cc(O)ccc3F)CC2)CC1. The topological polar surface area (TPSA) is 73.0 Å². The molecule has 0 saturated carbocycles. The largest absolute Gasteiger partial charge is 0.508 e. The van der Waals surface area contributed by atoms with Crippen LogP contribution in [0.3, 0.4) is 0 Å². The van der Waals surface area contributed by atoms with Crippen LogP contribution < -0.4 is 5.73 Å². The van der Waals surface area contributed by atoms with E-state index in [1.165, 1.54) is 24.3 Å². The predicted molar refractivity (Wildman–Crippen MR) is 174 cm³/mol. The molecule has 10 heteroatoms. The minimum Gasteiger partial charge on any atom is -0.508 e. The number of phenols is 1. The lowest BCUT2D eigenvalue weighted by Gasteiger charge is -2.39. The zero-order valence-corrected chi connectivity index (χ0v) is 26.7. The maximum atomic E-state index is 14.6. The third-order valence-electron chi connectivity index (χ3n) is 8.84. The Morgan fingerprint density at radius 3 is 2.43 bits per heavy atom. The van der Waals surface area contributed by atoms with Crippen LogP contribution in [-0.2, 0) is 17.8 Å². The van der Waals surface area contributed by atoms with E-state index in [0.717, 1.165) is 79.4 Å². The van der Waals surface area contributed by atoms with Crippen LogP contribution >= 0.6 is 23.4 Å². The Kier molecular flexibility index (Phi) is 11.2. The van der Waals surface area contributed by atoms with Gasteiger partial charge in [0.2, 0.25) is 5.91 Å². The molecule has 1 atom stereocenters. The summed E-state index contributed by atoms with van der Waals surface area (Å²) in [6, 6.07) is 14.0. The van der Waals surface area contributed by atoms with Crippen LogP contribution in [-0.4, -0.2) is 83.3 Å². The molecule has 0 bridgehead atoms. The van der Waals surface area contributed by atoms with Gasteiger partial charge < -0.3 is 20.6 Å². The Hall–Kier alpha value is -2.69. The minimum atomic E-state index is -0.512. The summed E-state index contributed by atoms with van der Waals surface area (Å²) in [6.07, 6.45) is 2.37. The molecule has 0 spiro atoms. The second-order valence-corrected chi connectivity index (χ2v) is 13.4. The molecule has 2 aliphatic rings. The molecule has 236 valence electrons. The third-order valence-corrected chi connectivity index (χ3v) is 10.1. The van der Waals surface area contributed by atoms with E-state index >= 15 is 0 Å². The van der Waals surface area contributed by atoms with Crippen molar-refractivity contribution >= 4 is 29.3 Å². The lowest BCUT2D eigenvalue weighted by molar-refractivity contribution is -0.136. The van der Waals surface area contributed by atoms with Crippen LogP contribution in [0.4, 0.5) is 8.78 Å². The average molecular weight is 643 g/mol. The molecule has 0 unspecified atom stereocenters. The van der Waals surface area contributed by atoms with E-state index in [9.17, 15) is 18.7 Å². The number of aromatic hydroxyl groups is 1. The lowest BCUT2D eigenvalue weighted by atomic mass is 9.88. The molecule has 3 N–H and O–H groups in total. The summed E-state index contributed by atoms with van der Waals surface area (Å²) in [7, 11) is 0. The summed E-state index contributed by atoms with van der Waals surface area (Å²) in [5, 5.41) is 10.5. The summed E-state index contributed by atoms with van der Waals surface area (Å²) in [4.78, 5) is 20.9. The third kappa shape index (κ3) is 8.12. The molecule has 2 heterocycles. The van der Waals surface area contributed by atoms with Gasteiger partial charge >= 0.3 is 0 Å². The van der Waals surface area contributed by atoms with Gasteiger partial charge in [-0.25, -0.2) is 8.78 Å². The van der Waals surface area contributed by atoms with Crippen molar-refractivity contribution in [1.82, 2.24) is 14.7 Å². The number of hydrogen-bond donors (Lipinski definition) is 2. The number of likely N-dealkylation sites (tertiary alicyclic amines) is 1. The van der Waals surface area contributed by atoms with Crippen LogP contribution in [0, 0.1) is 17.6 Å². The number of amides is 1. The number of hydrogen-bond acceptors (Lipinski definition) is 6. The van der Waals surface area contributed by atoms with Crippen molar-refractivity contribution in [3.8, 4) is 16.9 Å². The molecule has 0 radical (unpaired) electrons. The number of nitrogens with two attached hydrogens (primary N) is 1. The zero-order chi connectivity index (χ0) is 31.2. The van der Waals surface area contributed by atoms with Crippen molar-refractivity contribution in [2.24, 2.45) is 11.7 Å². The van der Waals surface area contributed by atoms with Gasteiger partial charge in [0.1, 0.15) is 17.4 Å². The maximum absolute atomic E-state index is 14.6. The van der Waals surface area contributed by atoms with Gasteiger partial charge in [-0.15, -0.1) is 11.8 Å². The lowest BCUT2D eigenvalue weighted by Crippen LogP contribution is -2.55. The first-order valence-corrected chi connectivity index (χ1v) is 16.8. The minimum absolute atomic E-state index is 0.0160. The molecule has 0 aromatic heterocycles. The fraction of sp³-hybridized carbons (Fsp3) is 0.441. The molecule has 6 nitrogen and oxygen atoms in total. The molecule has 2 saturated heterocycles. The van der Waals surface area contributed by atoms with Gasteiger partial charge in [0.25, 0.3) is 0 Å². The summed E-state index contributed by atoms with van der Waals surface area (Å²) in [5.74, 6) is 0.469. The van der Waals surface area contributed by atoms with Crippen LogP contribution in [0.2, 0.25) is 5.02 Å². The average Bonchev–Trinajstić information content (AvgIpc) is 3.03. The highest BCUT2D eigenvalue weighted by atomic mass is 35.5. The van der Waals surface area contributed by atoms with Crippen LogP contribution in [0.1, 0.15) is 30.9 Å². The molecule has 44 heavy (non-hydrogen) atoms. The first-order chi connectivity index (χ1) is 21.2. The van der Waals surface area contributed by atoms with Crippen LogP contribution in [0.15, 0.2) is 59.5 Å². The maximum Gasteiger partial charge on any atom is 0.239 e. The summed E-state index contributed by atoms with van der Waals surface area (Å²) >= 11 is 7.94. The number of piperidine rings is 1. The summed E-state index contributed by atoms with van der Waals surface area (Å²) in [6.45, 7) is 8.08. The molecule has 0 aliphatic carbocycles. The normalized spacial score (nSPS) is 17.6.